The van der Waals surface area contributed by atoms with Crippen molar-refractivity contribution in [1.29, 1.82) is 0 Å². The zero-order valence-corrected chi connectivity index (χ0v) is 63.6. The third-order valence-electron chi connectivity index (χ3n) is 17.8. The predicted octanol–water partition coefficient (Wildman–Crippen LogP) is 22.5. The van der Waals surface area contributed by atoms with E-state index in [-0.39, 0.29) is 25.7 Å². The van der Waals surface area contributed by atoms with E-state index in [2.05, 4.69) is 34.6 Å². The summed E-state index contributed by atoms with van der Waals surface area (Å²) in [6, 6.07) is 0. The lowest BCUT2D eigenvalue weighted by atomic mass is 10.0. The Hall–Kier alpha value is -1.94. The molecule has 0 bridgehead atoms. The van der Waals surface area contributed by atoms with Crippen LogP contribution in [-0.4, -0.2) is 96.7 Å². The van der Waals surface area contributed by atoms with Crippen LogP contribution in [0.1, 0.15) is 401 Å². The molecule has 3 N–H and O–H groups in total. The van der Waals surface area contributed by atoms with Gasteiger partial charge in [0.15, 0.2) is 12.2 Å². The molecule has 0 radical (unpaired) electrons. The van der Waals surface area contributed by atoms with Crippen LogP contribution in [-0.2, 0) is 65.4 Å². The lowest BCUT2D eigenvalue weighted by Gasteiger charge is -2.21. The van der Waals surface area contributed by atoms with Crippen molar-refractivity contribution in [2.24, 2.45) is 5.92 Å². The van der Waals surface area contributed by atoms with Crippen LogP contribution in [0.4, 0.5) is 0 Å². The summed E-state index contributed by atoms with van der Waals surface area (Å²) in [5.41, 5.74) is 0. The molecule has 2 unspecified atom stereocenters. The van der Waals surface area contributed by atoms with Crippen molar-refractivity contribution < 1.29 is 80.2 Å². The number of carbonyl (C=O) groups is 4. The van der Waals surface area contributed by atoms with Gasteiger partial charge in [-0.3, -0.25) is 37.3 Å². The van der Waals surface area contributed by atoms with Gasteiger partial charge in [-0.2, -0.15) is 0 Å². The Bertz CT molecular complexity index is 1820. The fourth-order valence-electron chi connectivity index (χ4n) is 11.7. The summed E-state index contributed by atoms with van der Waals surface area (Å²) in [4.78, 5) is 72.5. The van der Waals surface area contributed by atoms with Crippen LogP contribution in [0.25, 0.3) is 0 Å². The van der Waals surface area contributed by atoms with Crippen molar-refractivity contribution in [3.05, 3.63) is 0 Å². The Balaban J connectivity index is 5.14. The monoisotopic (exact) mass is 1400 g/mol. The van der Waals surface area contributed by atoms with Crippen LogP contribution < -0.4 is 0 Å². The van der Waals surface area contributed by atoms with E-state index >= 15 is 0 Å². The highest BCUT2D eigenvalue weighted by atomic mass is 31.2. The quantitative estimate of drug-likeness (QED) is 0.0222. The van der Waals surface area contributed by atoms with Crippen LogP contribution in [0.5, 0.6) is 0 Å². The number of rotatable bonds is 76. The maximum Gasteiger partial charge on any atom is 0.472 e. The van der Waals surface area contributed by atoms with Gasteiger partial charge in [-0.15, -0.1) is 0 Å². The molecule has 95 heavy (non-hydrogen) atoms. The maximum absolute atomic E-state index is 13.1. The number of hydrogen-bond acceptors (Lipinski definition) is 15. The minimum atomic E-state index is -4.95. The van der Waals surface area contributed by atoms with Gasteiger partial charge in [-0.05, 0) is 31.6 Å². The SMILES string of the molecule is CCCCCCCCCCCCCCCCCCCCCC(=O)O[C@H](COC(=O)CCCCCCCCCCCCCCCCCCC)COP(=O)(O)OC[C@@H](O)COP(=O)(O)OC[C@@H](COC(=O)CCCCCCC)OC(=O)CCCCCCCCCCCCCC(C)C. The standard InChI is InChI=1S/C76H148O17P2/c1-6-9-12-15-17-19-21-23-25-27-28-30-32-34-38-42-46-51-56-61-76(81)93-72(66-87-74(79)60-55-50-45-41-37-33-31-29-26-24-22-20-18-16-13-10-7-2)68-91-95(84,85)89-64-70(77)63-88-94(82,83)90-67-71(65-86-73(78)59-54-48-14-11-8-3)92-75(80)62-57-52-47-43-39-35-36-40-44-49-53-58-69(4)5/h69-72,77H,6-68H2,1-5H3,(H,82,83)(H,84,85)/t70-,71+,72+/m0/s1. The van der Waals surface area contributed by atoms with Crippen molar-refractivity contribution >= 4 is 39.5 Å². The van der Waals surface area contributed by atoms with Gasteiger partial charge in [0.2, 0.25) is 0 Å². The lowest BCUT2D eigenvalue weighted by molar-refractivity contribution is -0.161. The van der Waals surface area contributed by atoms with Crippen molar-refractivity contribution in [2.75, 3.05) is 39.6 Å². The number of unbranched alkanes of at least 4 members (excludes halogenated alkanes) is 48. The Labute approximate surface area is 581 Å². The highest BCUT2D eigenvalue weighted by molar-refractivity contribution is 7.47. The van der Waals surface area contributed by atoms with Crippen LogP contribution in [0.2, 0.25) is 0 Å². The van der Waals surface area contributed by atoms with Gasteiger partial charge < -0.3 is 33.8 Å². The number of carbonyl (C=O) groups excluding carboxylic acids is 4. The zero-order chi connectivity index (χ0) is 69.8. The van der Waals surface area contributed by atoms with Gasteiger partial charge in [0.25, 0.3) is 0 Å². The summed E-state index contributed by atoms with van der Waals surface area (Å²) < 4.78 is 68.3. The lowest BCUT2D eigenvalue weighted by Crippen LogP contribution is -2.30. The molecule has 19 heteroatoms. The second-order valence-electron chi connectivity index (χ2n) is 27.9. The Morgan fingerprint density at radius 2 is 0.484 bits per heavy atom. The number of phosphoric acid groups is 2. The predicted molar refractivity (Wildman–Crippen MR) is 386 cm³/mol. The Morgan fingerprint density at radius 3 is 0.716 bits per heavy atom. The summed E-state index contributed by atoms with van der Waals surface area (Å²) in [7, 11) is -9.90. The number of phosphoric ester groups is 2. The van der Waals surface area contributed by atoms with Crippen molar-refractivity contribution in [3.8, 4) is 0 Å². The van der Waals surface area contributed by atoms with Gasteiger partial charge >= 0.3 is 39.5 Å². The molecule has 0 rings (SSSR count). The molecule has 0 aromatic heterocycles. The smallest absolute Gasteiger partial charge is 0.462 e. The number of aliphatic hydroxyl groups excluding tert-OH is 1. The van der Waals surface area contributed by atoms with Crippen LogP contribution >= 0.6 is 15.6 Å². The van der Waals surface area contributed by atoms with E-state index in [1.165, 1.54) is 218 Å². The fourth-order valence-corrected chi connectivity index (χ4v) is 13.3. The first-order chi connectivity index (χ1) is 46.0. The largest absolute Gasteiger partial charge is 0.472 e. The molecule has 564 valence electrons. The first-order valence-electron chi connectivity index (χ1n) is 39.6. The van der Waals surface area contributed by atoms with E-state index in [9.17, 15) is 43.2 Å². The molecule has 0 heterocycles. The van der Waals surface area contributed by atoms with Gasteiger partial charge in [-0.1, -0.05) is 349 Å². The van der Waals surface area contributed by atoms with E-state index in [1.54, 1.807) is 0 Å². The molecular formula is C76H148O17P2. The van der Waals surface area contributed by atoms with E-state index in [0.29, 0.717) is 25.7 Å². The number of esters is 4. The maximum atomic E-state index is 13.1. The molecule has 5 atom stereocenters. The van der Waals surface area contributed by atoms with Crippen LogP contribution in [0, 0.1) is 5.92 Å². The minimum Gasteiger partial charge on any atom is -0.462 e. The zero-order valence-electron chi connectivity index (χ0n) is 61.8. The van der Waals surface area contributed by atoms with Gasteiger partial charge in [0, 0.05) is 25.7 Å². The topological polar surface area (TPSA) is 237 Å². The first kappa shape index (κ1) is 93.1. The minimum absolute atomic E-state index is 0.106. The molecule has 17 nitrogen and oxygen atoms in total. The van der Waals surface area contributed by atoms with Crippen LogP contribution in [0.15, 0.2) is 0 Å². The average Bonchev–Trinajstić information content (AvgIpc) is 1.33. The Morgan fingerprint density at radius 1 is 0.284 bits per heavy atom. The van der Waals surface area contributed by atoms with E-state index in [0.717, 1.165) is 102 Å². The molecule has 0 aliphatic carbocycles. The van der Waals surface area contributed by atoms with E-state index in [1.807, 2.05) is 0 Å². The van der Waals surface area contributed by atoms with Crippen molar-refractivity contribution in [1.82, 2.24) is 0 Å². The average molecular weight is 1400 g/mol. The molecule has 0 spiro atoms. The molecule has 0 aromatic rings. The third-order valence-corrected chi connectivity index (χ3v) is 19.7. The normalized spacial score (nSPS) is 13.9. The second kappa shape index (κ2) is 69.2. The Kier molecular flexibility index (Phi) is 67.7. The number of hydrogen-bond donors (Lipinski definition) is 3. The fraction of sp³-hybridized carbons (Fsp3) is 0.947. The number of aliphatic hydroxyl groups is 1. The molecule has 0 aromatic carbocycles. The summed E-state index contributed by atoms with van der Waals surface area (Å²) in [6.07, 6.45) is 58.7. The molecule has 0 saturated carbocycles. The third kappa shape index (κ3) is 70.3. The molecule has 0 amide bonds. The molecule has 0 aliphatic heterocycles. The second-order valence-corrected chi connectivity index (χ2v) is 30.8. The summed E-state index contributed by atoms with van der Waals surface area (Å²) in [6.45, 7) is 7.21. The molecule has 0 fully saturated rings. The number of ether oxygens (including phenoxy) is 4. The van der Waals surface area contributed by atoms with Crippen molar-refractivity contribution in [3.63, 3.8) is 0 Å². The van der Waals surface area contributed by atoms with Crippen molar-refractivity contribution in [2.45, 2.75) is 419 Å². The van der Waals surface area contributed by atoms with Gasteiger partial charge in [-0.25, -0.2) is 9.13 Å². The molecule has 0 aliphatic rings. The van der Waals surface area contributed by atoms with Gasteiger partial charge in [0.05, 0.1) is 26.4 Å². The molecular weight excluding hydrogens is 1250 g/mol. The van der Waals surface area contributed by atoms with Gasteiger partial charge in [0.1, 0.15) is 19.3 Å². The van der Waals surface area contributed by atoms with Crippen LogP contribution in [0.3, 0.4) is 0 Å². The van der Waals surface area contributed by atoms with E-state index in [4.69, 9.17) is 37.0 Å². The summed E-state index contributed by atoms with van der Waals surface area (Å²) in [5, 5.41) is 10.6. The summed E-state index contributed by atoms with van der Waals surface area (Å²) >= 11 is 0. The molecule has 0 saturated heterocycles. The van der Waals surface area contributed by atoms with E-state index < -0.39 is 97.5 Å². The summed E-state index contributed by atoms with van der Waals surface area (Å²) in [5.74, 6) is -1.36. The highest BCUT2D eigenvalue weighted by Gasteiger charge is 2.30. The highest BCUT2D eigenvalue weighted by Crippen LogP contribution is 2.45. The first-order valence-corrected chi connectivity index (χ1v) is 42.6.